The molecule has 0 atom stereocenters. The van der Waals surface area contributed by atoms with Crippen LogP contribution in [0.2, 0.25) is 0 Å². The van der Waals surface area contributed by atoms with Crippen LogP contribution in [0.3, 0.4) is 0 Å². The van der Waals surface area contributed by atoms with Crippen LogP contribution >= 0.6 is 0 Å². The van der Waals surface area contributed by atoms with Crippen LogP contribution in [0.25, 0.3) is 0 Å². The monoisotopic (exact) mass is 490 g/mol. The van der Waals surface area contributed by atoms with Gasteiger partial charge in [-0.1, -0.05) is 0 Å². The average Bonchev–Trinajstić information content (AvgIpc) is 1.94. The molecule has 0 unspecified atom stereocenters. The van der Waals surface area contributed by atoms with Gasteiger partial charge in [0, 0.05) is 0 Å². The van der Waals surface area contributed by atoms with E-state index in [2.05, 4.69) is 0 Å². The summed E-state index contributed by atoms with van der Waals surface area (Å²) in [4.78, 5) is 0. The molecule has 30 heavy (non-hydrogen) atoms. The van der Waals surface area contributed by atoms with Gasteiger partial charge in [-0.25, -0.2) is 0 Å². The first-order chi connectivity index (χ1) is 8.66. The van der Waals surface area contributed by atoms with E-state index in [1.54, 1.807) is 0 Å². The van der Waals surface area contributed by atoms with Crippen molar-refractivity contribution in [2.24, 2.45) is 0 Å². The molecule has 0 heterocycles. The van der Waals surface area contributed by atoms with E-state index in [-0.39, 0.29) is 54.8 Å². The Kier molecular flexibility index (Phi) is 394. The predicted molar refractivity (Wildman–Crippen MR) is 98.2 cm³/mol. The van der Waals surface area contributed by atoms with E-state index in [1.165, 1.54) is 0 Å². The Balaban J connectivity index is -0.00000000666. The maximum atomic E-state index is 7.17. The zero-order chi connectivity index (χ0) is 17.9. The minimum atomic E-state index is -2.17. The summed E-state index contributed by atoms with van der Waals surface area (Å²) in [6.45, 7) is 0. The number of hydrogen-bond donors (Lipinski definition) is 15. The molecule has 30 heteroatoms. The van der Waals surface area contributed by atoms with Crippen LogP contribution in [0, 0.1) is 0 Å². The Bertz CT molecular complexity index is 78.1. The van der Waals surface area contributed by atoms with Gasteiger partial charge in [-0.2, -0.15) is 0 Å². The standard InChI is InChI=1S/5BH3O3.10H2O/c5*2-1(3)4;;;;;;;;;;/h5*2-4H;10*1H2. The highest BCUT2D eigenvalue weighted by Crippen LogP contribution is 1.41. The van der Waals surface area contributed by atoms with E-state index in [0.29, 0.717) is 0 Å². The van der Waals surface area contributed by atoms with Crippen molar-refractivity contribution in [3.63, 3.8) is 0 Å². The van der Waals surface area contributed by atoms with Crippen LogP contribution in [0.5, 0.6) is 0 Å². The summed E-state index contributed by atoms with van der Waals surface area (Å²) in [5.74, 6) is 0. The Morgan fingerprint density at radius 1 is 0.167 bits per heavy atom. The molecule has 35 N–H and O–H groups in total. The quantitative estimate of drug-likeness (QED) is 0.140. The van der Waals surface area contributed by atoms with Gasteiger partial charge in [0.2, 0.25) is 0 Å². The van der Waals surface area contributed by atoms with Crippen molar-refractivity contribution in [1.29, 1.82) is 0 Å². The lowest BCUT2D eigenvalue weighted by Gasteiger charge is -1.69. The second kappa shape index (κ2) is 103. The lowest BCUT2D eigenvalue weighted by Crippen LogP contribution is -2.07. The summed E-state index contributed by atoms with van der Waals surface area (Å²) in [5, 5.41) is 108. The first-order valence-corrected chi connectivity index (χ1v) is 3.87. The highest BCUT2D eigenvalue weighted by atomic mass is 16.5. The van der Waals surface area contributed by atoms with Crippen LogP contribution in [-0.2, 0) is 0 Å². The molecule has 0 spiro atoms. The van der Waals surface area contributed by atoms with Crippen molar-refractivity contribution in [1.82, 2.24) is 0 Å². The minimum absolute atomic E-state index is 0. The Morgan fingerprint density at radius 3 is 0.167 bits per heavy atom. The van der Waals surface area contributed by atoms with E-state index in [9.17, 15) is 0 Å². The fourth-order valence-electron chi connectivity index (χ4n) is 0. The van der Waals surface area contributed by atoms with Gasteiger partial charge in [0.05, 0.1) is 0 Å². The van der Waals surface area contributed by atoms with Crippen LogP contribution < -0.4 is 0 Å². The molecular formula is H35B5O25. The molecule has 200 valence electrons. The molecule has 0 bridgehead atoms. The van der Waals surface area contributed by atoms with Crippen molar-refractivity contribution in [2.75, 3.05) is 0 Å². The fourth-order valence-corrected chi connectivity index (χ4v) is 0. The summed E-state index contributed by atoms with van der Waals surface area (Å²) in [6.07, 6.45) is 0. The third-order valence-electron chi connectivity index (χ3n) is 0. The Morgan fingerprint density at radius 2 is 0.167 bits per heavy atom. The van der Waals surface area contributed by atoms with Gasteiger partial charge in [-0.3, -0.25) is 0 Å². The summed E-state index contributed by atoms with van der Waals surface area (Å²) in [6, 6.07) is 0. The highest BCUT2D eigenvalue weighted by Gasteiger charge is 1.94. The SMILES string of the molecule is O.O.O.O.O.O.O.O.O.O.OB(O)O.OB(O)O.OB(O)O.OB(O)O.OB(O)O. The smallest absolute Gasteiger partial charge is 0.412 e. The molecule has 25 nitrogen and oxygen atoms in total. The molecular weight excluding hydrogens is 454 g/mol. The van der Waals surface area contributed by atoms with Gasteiger partial charge in [-0.15, -0.1) is 0 Å². The number of rotatable bonds is 0. The average molecular weight is 489 g/mol. The molecule has 0 rings (SSSR count). The fraction of sp³-hybridized carbons (Fsp3) is 0. The van der Waals surface area contributed by atoms with Gasteiger partial charge in [0.1, 0.15) is 0 Å². The molecule has 0 aliphatic carbocycles. The van der Waals surface area contributed by atoms with Crippen molar-refractivity contribution in [2.45, 2.75) is 0 Å². The molecule has 0 saturated heterocycles. The molecule has 0 saturated carbocycles. The van der Waals surface area contributed by atoms with Crippen molar-refractivity contribution in [3.05, 3.63) is 0 Å². The molecule has 0 radical (unpaired) electrons. The highest BCUT2D eigenvalue weighted by molar-refractivity contribution is 6.31. The third-order valence-corrected chi connectivity index (χ3v) is 0. The molecule has 0 fully saturated rings. The maximum Gasteiger partial charge on any atom is 0.631 e. The zero-order valence-electron chi connectivity index (χ0n) is 14.6. The first-order valence-electron chi connectivity index (χ1n) is 3.87. The van der Waals surface area contributed by atoms with Gasteiger partial charge >= 0.3 is 36.6 Å². The van der Waals surface area contributed by atoms with Crippen molar-refractivity contribution >= 4 is 36.6 Å². The molecule has 0 aromatic heterocycles. The van der Waals surface area contributed by atoms with E-state index in [4.69, 9.17) is 75.4 Å². The summed E-state index contributed by atoms with van der Waals surface area (Å²) >= 11 is 0. The Labute approximate surface area is 168 Å². The molecule has 0 aromatic rings. The summed E-state index contributed by atoms with van der Waals surface area (Å²) in [7, 11) is -10.8. The molecule has 0 aromatic carbocycles. The predicted octanol–water partition coefficient (Wildman–Crippen LogP) is -18.5. The van der Waals surface area contributed by atoms with E-state index >= 15 is 0 Å². The topological polar surface area (TPSA) is 618 Å². The largest absolute Gasteiger partial charge is 0.631 e. The molecule has 0 amide bonds. The van der Waals surface area contributed by atoms with Crippen LogP contribution in [-0.4, -0.2) is 167 Å². The summed E-state index contributed by atoms with van der Waals surface area (Å²) < 4.78 is 0. The first kappa shape index (κ1) is 115. The van der Waals surface area contributed by atoms with E-state index in [1.807, 2.05) is 0 Å². The zero-order valence-corrected chi connectivity index (χ0v) is 14.6. The van der Waals surface area contributed by atoms with Crippen LogP contribution in [0.4, 0.5) is 0 Å². The maximum absolute atomic E-state index is 7.17. The lowest BCUT2D eigenvalue weighted by atomic mass is 10.3. The molecule has 0 aliphatic rings. The third kappa shape index (κ3) is 41500. The van der Waals surface area contributed by atoms with E-state index < -0.39 is 36.6 Å². The van der Waals surface area contributed by atoms with Crippen molar-refractivity contribution < 1.29 is 130 Å². The van der Waals surface area contributed by atoms with Gasteiger partial charge < -0.3 is 130 Å². The second-order valence-electron chi connectivity index (χ2n) is 1.73. The van der Waals surface area contributed by atoms with Gasteiger partial charge in [-0.05, 0) is 0 Å². The van der Waals surface area contributed by atoms with Gasteiger partial charge in [0.15, 0.2) is 0 Å². The second-order valence-corrected chi connectivity index (χ2v) is 1.73. The minimum Gasteiger partial charge on any atom is -0.412 e. The number of hydrogen-bond acceptors (Lipinski definition) is 15. The molecule has 0 aliphatic heterocycles. The lowest BCUT2D eigenvalue weighted by molar-refractivity contribution is 0.276. The summed E-state index contributed by atoms with van der Waals surface area (Å²) in [5.41, 5.74) is 0. The van der Waals surface area contributed by atoms with Crippen molar-refractivity contribution in [3.8, 4) is 0 Å². The normalized spacial score (nSPS) is 4.50. The van der Waals surface area contributed by atoms with Crippen LogP contribution in [0.1, 0.15) is 0 Å². The Hall–Kier alpha value is -0.675. The van der Waals surface area contributed by atoms with Crippen LogP contribution in [0.15, 0.2) is 0 Å². The van der Waals surface area contributed by atoms with E-state index in [0.717, 1.165) is 0 Å². The van der Waals surface area contributed by atoms with Gasteiger partial charge in [0.25, 0.3) is 0 Å².